The summed E-state index contributed by atoms with van der Waals surface area (Å²) in [6, 6.07) is 12.7. The van der Waals surface area contributed by atoms with Crippen LogP contribution in [-0.2, 0) is 13.6 Å². The second-order valence-electron chi connectivity index (χ2n) is 6.79. The number of rotatable bonds is 3. The summed E-state index contributed by atoms with van der Waals surface area (Å²) in [6.45, 7) is -0.0605. The van der Waals surface area contributed by atoms with Crippen LogP contribution in [0.2, 0.25) is 0 Å². The van der Waals surface area contributed by atoms with Crippen LogP contribution in [-0.4, -0.2) is 52.4 Å². The number of imidazole rings is 1. The standard InChI is InChI=1S/C20H15N7O3/c1-24-12-21-10-13(24)11-25(20(30)26-17-9-5-4-8-16(17)22-23-26)27-18(28)14-6-2-3-7-15(14)19(27)29/h2-10,12H,11H2,1H3. The van der Waals surface area contributed by atoms with Crippen LogP contribution in [0.5, 0.6) is 0 Å². The van der Waals surface area contributed by atoms with Crippen LogP contribution in [0.15, 0.2) is 61.1 Å². The molecule has 3 amide bonds. The molecule has 3 heterocycles. The summed E-state index contributed by atoms with van der Waals surface area (Å²) in [6.07, 6.45) is 3.14. The lowest BCUT2D eigenvalue weighted by molar-refractivity contribution is 0.0144. The highest BCUT2D eigenvalue weighted by Crippen LogP contribution is 2.26. The minimum Gasteiger partial charge on any atom is -0.336 e. The van der Waals surface area contributed by atoms with E-state index in [9.17, 15) is 14.4 Å². The molecule has 0 radical (unpaired) electrons. The summed E-state index contributed by atoms with van der Waals surface area (Å²) in [5, 5.41) is 9.87. The van der Waals surface area contributed by atoms with Gasteiger partial charge in [0, 0.05) is 7.05 Å². The molecule has 148 valence electrons. The molecule has 1 aliphatic rings. The van der Waals surface area contributed by atoms with Crippen LogP contribution < -0.4 is 0 Å². The van der Waals surface area contributed by atoms with Gasteiger partial charge in [-0.25, -0.2) is 14.8 Å². The molecule has 0 saturated carbocycles. The average Bonchev–Trinajstić information content (AvgIpc) is 3.44. The number of imide groups is 1. The number of aryl methyl sites for hydroxylation is 1. The number of hydrogen-bond donors (Lipinski definition) is 0. The minimum atomic E-state index is -0.681. The van der Waals surface area contributed by atoms with E-state index >= 15 is 0 Å². The van der Waals surface area contributed by atoms with Gasteiger partial charge in [0.25, 0.3) is 11.8 Å². The third-order valence-corrected chi connectivity index (χ3v) is 5.00. The van der Waals surface area contributed by atoms with Crippen LogP contribution >= 0.6 is 0 Å². The van der Waals surface area contributed by atoms with E-state index in [0.717, 1.165) is 14.7 Å². The first-order valence-corrected chi connectivity index (χ1v) is 9.11. The number of para-hydroxylation sites is 1. The smallest absolute Gasteiger partial charge is 0.336 e. The largest absolute Gasteiger partial charge is 0.366 e. The van der Waals surface area contributed by atoms with Gasteiger partial charge in [-0.1, -0.05) is 29.5 Å². The fourth-order valence-corrected chi connectivity index (χ4v) is 3.43. The van der Waals surface area contributed by atoms with Crippen LogP contribution in [0.25, 0.3) is 11.0 Å². The first-order chi connectivity index (χ1) is 14.6. The van der Waals surface area contributed by atoms with E-state index in [0.29, 0.717) is 16.7 Å². The second kappa shape index (κ2) is 6.62. The SMILES string of the molecule is Cn1cncc1CN(C(=O)n1nnc2ccccc21)N1C(=O)c2ccccc2C1=O. The quantitative estimate of drug-likeness (QED) is 0.485. The number of fused-ring (bicyclic) bond motifs is 2. The fraction of sp³-hybridized carbons (Fsp3) is 0.100. The van der Waals surface area contributed by atoms with Crippen LogP contribution in [0.1, 0.15) is 26.4 Å². The molecule has 1 aliphatic heterocycles. The lowest BCUT2D eigenvalue weighted by atomic mass is 10.1. The van der Waals surface area contributed by atoms with Crippen molar-refractivity contribution in [3.8, 4) is 0 Å². The van der Waals surface area contributed by atoms with Crippen molar-refractivity contribution >= 4 is 28.9 Å². The molecule has 0 atom stereocenters. The number of nitrogens with zero attached hydrogens (tertiary/aromatic N) is 7. The van der Waals surface area contributed by atoms with Gasteiger partial charge in [-0.3, -0.25) is 9.59 Å². The Bertz CT molecular complexity index is 1290. The molecular formula is C20H15N7O3. The molecule has 0 saturated heterocycles. The summed E-state index contributed by atoms with van der Waals surface area (Å²) < 4.78 is 2.78. The number of carbonyl (C=O) groups excluding carboxylic acids is 3. The zero-order chi connectivity index (χ0) is 20.8. The Labute approximate surface area is 169 Å². The third-order valence-electron chi connectivity index (χ3n) is 5.00. The molecule has 5 rings (SSSR count). The van der Waals surface area contributed by atoms with E-state index in [1.165, 1.54) is 0 Å². The van der Waals surface area contributed by atoms with Crippen molar-refractivity contribution in [2.45, 2.75) is 6.54 Å². The van der Waals surface area contributed by atoms with Gasteiger partial charge < -0.3 is 4.57 Å². The molecule has 10 heteroatoms. The zero-order valence-electron chi connectivity index (χ0n) is 15.8. The number of aromatic nitrogens is 5. The zero-order valence-corrected chi connectivity index (χ0v) is 15.8. The van der Waals surface area contributed by atoms with Crippen molar-refractivity contribution in [3.63, 3.8) is 0 Å². The Balaban J connectivity index is 1.61. The van der Waals surface area contributed by atoms with Gasteiger partial charge in [-0.15, -0.1) is 5.10 Å². The second-order valence-corrected chi connectivity index (χ2v) is 6.79. The summed E-state index contributed by atoms with van der Waals surface area (Å²) in [5.74, 6) is -1.15. The van der Waals surface area contributed by atoms with Crippen molar-refractivity contribution in [1.82, 2.24) is 34.6 Å². The Kier molecular flexibility index (Phi) is 3.91. The minimum absolute atomic E-state index is 0.0605. The molecular weight excluding hydrogens is 386 g/mol. The van der Waals surface area contributed by atoms with Gasteiger partial charge in [0.05, 0.1) is 41.4 Å². The van der Waals surface area contributed by atoms with Crippen molar-refractivity contribution in [2.24, 2.45) is 7.05 Å². The Morgan fingerprint density at radius 1 is 1.00 bits per heavy atom. The molecule has 2 aromatic carbocycles. The van der Waals surface area contributed by atoms with Gasteiger partial charge in [0.15, 0.2) is 0 Å². The molecule has 0 N–H and O–H groups in total. The average molecular weight is 401 g/mol. The number of hydrogen-bond acceptors (Lipinski definition) is 6. The first-order valence-electron chi connectivity index (χ1n) is 9.11. The molecule has 4 aromatic rings. The lowest BCUT2D eigenvalue weighted by Gasteiger charge is -2.29. The van der Waals surface area contributed by atoms with Crippen molar-refractivity contribution in [1.29, 1.82) is 0 Å². The molecule has 10 nitrogen and oxygen atoms in total. The monoisotopic (exact) mass is 401 g/mol. The van der Waals surface area contributed by atoms with E-state index in [1.807, 2.05) is 0 Å². The highest BCUT2D eigenvalue weighted by molar-refractivity contribution is 6.21. The normalized spacial score (nSPS) is 13.2. The first kappa shape index (κ1) is 17.7. The van der Waals surface area contributed by atoms with Crippen molar-refractivity contribution in [2.75, 3.05) is 0 Å². The van der Waals surface area contributed by atoms with E-state index < -0.39 is 17.8 Å². The number of hydrazine groups is 1. The van der Waals surface area contributed by atoms with Crippen LogP contribution in [0, 0.1) is 0 Å². The maximum atomic E-state index is 13.5. The third kappa shape index (κ3) is 2.58. The number of benzene rings is 2. The summed E-state index contributed by atoms with van der Waals surface area (Å²) in [5.41, 5.74) is 2.11. The maximum absolute atomic E-state index is 13.5. The number of carbonyl (C=O) groups is 3. The van der Waals surface area contributed by atoms with E-state index in [2.05, 4.69) is 15.3 Å². The predicted octanol–water partition coefficient (Wildman–Crippen LogP) is 1.85. The predicted molar refractivity (Wildman–Crippen MR) is 104 cm³/mol. The van der Waals surface area contributed by atoms with Gasteiger partial charge in [0.1, 0.15) is 5.52 Å². The molecule has 2 aromatic heterocycles. The molecule has 0 aliphatic carbocycles. The maximum Gasteiger partial charge on any atom is 0.366 e. The van der Waals surface area contributed by atoms with E-state index in [-0.39, 0.29) is 17.7 Å². The topological polar surface area (TPSA) is 106 Å². The Morgan fingerprint density at radius 2 is 1.67 bits per heavy atom. The van der Waals surface area contributed by atoms with E-state index in [1.54, 1.807) is 72.7 Å². The summed E-state index contributed by atoms with van der Waals surface area (Å²) in [7, 11) is 1.76. The molecule has 0 unspecified atom stereocenters. The highest BCUT2D eigenvalue weighted by atomic mass is 16.2. The Morgan fingerprint density at radius 3 is 2.33 bits per heavy atom. The van der Waals surface area contributed by atoms with Crippen LogP contribution in [0.4, 0.5) is 4.79 Å². The van der Waals surface area contributed by atoms with Gasteiger partial charge in [-0.2, -0.15) is 9.69 Å². The molecule has 0 fully saturated rings. The van der Waals surface area contributed by atoms with Crippen molar-refractivity contribution in [3.05, 3.63) is 77.9 Å². The van der Waals surface area contributed by atoms with Crippen molar-refractivity contribution < 1.29 is 14.4 Å². The fourth-order valence-electron chi connectivity index (χ4n) is 3.43. The van der Waals surface area contributed by atoms with Gasteiger partial charge in [0.2, 0.25) is 0 Å². The highest BCUT2D eigenvalue weighted by Gasteiger charge is 2.42. The van der Waals surface area contributed by atoms with Crippen LogP contribution in [0.3, 0.4) is 0 Å². The molecule has 0 bridgehead atoms. The molecule has 0 spiro atoms. The summed E-state index contributed by atoms with van der Waals surface area (Å²) in [4.78, 5) is 43.6. The lowest BCUT2D eigenvalue weighted by Crippen LogP contribution is -2.51. The Hall–Kier alpha value is -4.34. The van der Waals surface area contributed by atoms with Gasteiger partial charge >= 0.3 is 6.03 Å². The molecule has 30 heavy (non-hydrogen) atoms. The van der Waals surface area contributed by atoms with E-state index in [4.69, 9.17) is 0 Å². The number of amides is 3. The summed E-state index contributed by atoms with van der Waals surface area (Å²) >= 11 is 0. The van der Waals surface area contributed by atoms with Gasteiger partial charge in [-0.05, 0) is 24.3 Å².